The maximum absolute atomic E-state index is 12.5. The second-order valence-electron chi connectivity index (χ2n) is 3.36. The normalized spacial score (nSPS) is 10.7. The van der Waals surface area contributed by atoms with Crippen LogP contribution in [0.15, 0.2) is 42.7 Å². The smallest absolute Gasteiger partial charge is 0.263 e. The van der Waals surface area contributed by atoms with Crippen molar-refractivity contribution in [1.29, 1.82) is 0 Å². The van der Waals surface area contributed by atoms with Crippen LogP contribution in [-0.4, -0.2) is 10.1 Å². The molecule has 0 radical (unpaired) electrons. The van der Waals surface area contributed by atoms with E-state index in [9.17, 15) is 13.9 Å². The van der Waals surface area contributed by atoms with Gasteiger partial charge in [0.2, 0.25) is 0 Å². The number of hydrogen-bond acceptors (Lipinski definition) is 2. The van der Waals surface area contributed by atoms with E-state index in [2.05, 4.69) is 4.98 Å². The summed E-state index contributed by atoms with van der Waals surface area (Å²) < 4.78 is 25.0. The van der Waals surface area contributed by atoms with Gasteiger partial charge in [-0.25, -0.2) is 8.78 Å². The number of aromatic nitrogens is 1. The number of rotatable bonds is 2. The minimum atomic E-state index is -2.50. The van der Waals surface area contributed by atoms with Crippen LogP contribution in [0.1, 0.15) is 12.0 Å². The molecule has 0 unspecified atom stereocenters. The maximum Gasteiger partial charge on any atom is 0.263 e. The van der Waals surface area contributed by atoms with Crippen molar-refractivity contribution in [3.8, 4) is 16.9 Å². The molecule has 0 saturated carbocycles. The van der Waals surface area contributed by atoms with Crippen LogP contribution in [0.5, 0.6) is 5.75 Å². The van der Waals surface area contributed by atoms with Gasteiger partial charge in [0, 0.05) is 17.3 Å². The Balaban J connectivity index is 2.44. The van der Waals surface area contributed by atoms with Gasteiger partial charge in [0.25, 0.3) is 6.43 Å². The van der Waals surface area contributed by atoms with Crippen LogP contribution in [0.3, 0.4) is 0 Å². The summed E-state index contributed by atoms with van der Waals surface area (Å²) in [6, 6.07) is 7.49. The van der Waals surface area contributed by atoms with Gasteiger partial charge in [0.05, 0.1) is 6.20 Å². The Hall–Kier alpha value is -1.97. The lowest BCUT2D eigenvalue weighted by molar-refractivity contribution is 0.151. The van der Waals surface area contributed by atoms with Gasteiger partial charge >= 0.3 is 0 Å². The van der Waals surface area contributed by atoms with Gasteiger partial charge in [-0.1, -0.05) is 18.2 Å². The van der Waals surface area contributed by atoms with E-state index in [0.717, 1.165) is 0 Å². The Kier molecular flexibility index (Phi) is 2.81. The summed E-state index contributed by atoms with van der Waals surface area (Å²) in [5.41, 5.74) is 1.18. The van der Waals surface area contributed by atoms with Gasteiger partial charge in [0.15, 0.2) is 0 Å². The molecule has 0 aliphatic heterocycles. The first-order valence-corrected chi connectivity index (χ1v) is 4.69. The third kappa shape index (κ3) is 2.16. The Morgan fingerprint density at radius 3 is 2.56 bits per heavy atom. The van der Waals surface area contributed by atoms with Crippen molar-refractivity contribution in [2.75, 3.05) is 0 Å². The minimum Gasteiger partial charge on any atom is -0.506 e. The quantitative estimate of drug-likeness (QED) is 0.843. The van der Waals surface area contributed by atoms with Crippen LogP contribution in [0.2, 0.25) is 0 Å². The number of benzene rings is 1. The molecule has 0 aliphatic carbocycles. The van der Waals surface area contributed by atoms with E-state index in [1.807, 2.05) is 0 Å². The molecule has 2 aromatic rings. The fourth-order valence-electron chi connectivity index (χ4n) is 1.44. The zero-order chi connectivity index (χ0) is 11.5. The third-order valence-corrected chi connectivity index (χ3v) is 2.20. The molecule has 0 spiro atoms. The zero-order valence-electron chi connectivity index (χ0n) is 8.27. The van der Waals surface area contributed by atoms with Crippen LogP contribution < -0.4 is 0 Å². The summed E-state index contributed by atoms with van der Waals surface area (Å²) in [6.07, 6.45) is 0.315. The number of pyridine rings is 1. The van der Waals surface area contributed by atoms with E-state index in [1.54, 1.807) is 12.1 Å². The van der Waals surface area contributed by atoms with Gasteiger partial charge in [-0.3, -0.25) is 4.98 Å². The first kappa shape index (κ1) is 10.5. The van der Waals surface area contributed by atoms with E-state index in [1.165, 1.54) is 30.6 Å². The number of hydrogen-bond donors (Lipinski definition) is 1. The Labute approximate surface area is 91.2 Å². The van der Waals surface area contributed by atoms with E-state index in [-0.39, 0.29) is 11.3 Å². The summed E-state index contributed by atoms with van der Waals surface area (Å²) in [7, 11) is 0. The summed E-state index contributed by atoms with van der Waals surface area (Å²) in [4.78, 5) is 3.80. The fourth-order valence-corrected chi connectivity index (χ4v) is 1.44. The highest BCUT2D eigenvalue weighted by molar-refractivity contribution is 5.64. The third-order valence-electron chi connectivity index (χ3n) is 2.20. The van der Waals surface area contributed by atoms with Gasteiger partial charge in [-0.15, -0.1) is 0 Å². The predicted molar refractivity (Wildman–Crippen MR) is 56.3 cm³/mol. The molecule has 0 fully saturated rings. The molecule has 0 bridgehead atoms. The maximum atomic E-state index is 12.5. The van der Waals surface area contributed by atoms with E-state index in [0.29, 0.717) is 11.1 Å². The van der Waals surface area contributed by atoms with Gasteiger partial charge in [0.1, 0.15) is 5.75 Å². The molecular formula is C12H9F2NO. The zero-order valence-corrected chi connectivity index (χ0v) is 8.27. The second kappa shape index (κ2) is 4.26. The van der Waals surface area contributed by atoms with E-state index < -0.39 is 6.43 Å². The predicted octanol–water partition coefficient (Wildman–Crippen LogP) is 3.39. The molecule has 0 atom stereocenters. The highest BCUT2D eigenvalue weighted by Crippen LogP contribution is 2.26. The van der Waals surface area contributed by atoms with E-state index in [4.69, 9.17) is 0 Å². The van der Waals surface area contributed by atoms with E-state index >= 15 is 0 Å². The molecule has 1 aromatic carbocycles. The number of nitrogens with zero attached hydrogens (tertiary/aromatic N) is 1. The highest BCUT2D eigenvalue weighted by Gasteiger charge is 2.08. The summed E-state index contributed by atoms with van der Waals surface area (Å²) in [5, 5.41) is 9.24. The lowest BCUT2D eigenvalue weighted by Gasteiger charge is -2.04. The van der Waals surface area contributed by atoms with Crippen molar-refractivity contribution >= 4 is 0 Å². The molecule has 0 aliphatic rings. The average Bonchev–Trinajstić information content (AvgIpc) is 2.29. The standard InChI is InChI=1S/C12H9F2NO/c13-12(14)9-3-1-2-8(4-9)10-5-11(16)7-15-6-10/h1-7,12,16H. The molecule has 1 heterocycles. The van der Waals surface area contributed by atoms with Crippen molar-refractivity contribution in [2.45, 2.75) is 6.43 Å². The van der Waals surface area contributed by atoms with Crippen molar-refractivity contribution in [1.82, 2.24) is 4.98 Å². The largest absolute Gasteiger partial charge is 0.506 e. The second-order valence-corrected chi connectivity index (χ2v) is 3.36. The Bertz CT molecular complexity index is 500. The van der Waals surface area contributed by atoms with Crippen LogP contribution in [0.25, 0.3) is 11.1 Å². The fraction of sp³-hybridized carbons (Fsp3) is 0.0833. The Morgan fingerprint density at radius 1 is 1.06 bits per heavy atom. The molecule has 2 nitrogen and oxygen atoms in total. The van der Waals surface area contributed by atoms with Crippen molar-refractivity contribution < 1.29 is 13.9 Å². The topological polar surface area (TPSA) is 33.1 Å². The molecule has 1 N–H and O–H groups in total. The van der Waals surface area contributed by atoms with Gasteiger partial charge < -0.3 is 5.11 Å². The first-order valence-electron chi connectivity index (χ1n) is 4.69. The minimum absolute atomic E-state index is 0.0138. The highest BCUT2D eigenvalue weighted by atomic mass is 19.3. The SMILES string of the molecule is Oc1cncc(-c2cccc(C(F)F)c2)c1. The molecule has 82 valence electrons. The summed E-state index contributed by atoms with van der Waals surface area (Å²) >= 11 is 0. The molecular weight excluding hydrogens is 212 g/mol. The molecule has 1 aromatic heterocycles. The van der Waals surface area contributed by atoms with Gasteiger partial charge in [-0.2, -0.15) is 0 Å². The van der Waals surface area contributed by atoms with Crippen molar-refractivity contribution in [3.63, 3.8) is 0 Å². The number of aromatic hydroxyl groups is 1. The average molecular weight is 221 g/mol. The van der Waals surface area contributed by atoms with Crippen LogP contribution in [0, 0.1) is 0 Å². The molecule has 4 heteroatoms. The Morgan fingerprint density at radius 2 is 1.88 bits per heavy atom. The molecule has 0 amide bonds. The van der Waals surface area contributed by atoms with Crippen LogP contribution >= 0.6 is 0 Å². The van der Waals surface area contributed by atoms with Crippen LogP contribution in [-0.2, 0) is 0 Å². The molecule has 2 rings (SSSR count). The monoisotopic (exact) mass is 221 g/mol. The first-order chi connectivity index (χ1) is 7.66. The summed E-state index contributed by atoms with van der Waals surface area (Å²) in [6.45, 7) is 0. The molecule has 0 saturated heterocycles. The molecule has 16 heavy (non-hydrogen) atoms. The lowest BCUT2D eigenvalue weighted by atomic mass is 10.0. The number of halogens is 2. The summed E-state index contributed by atoms with van der Waals surface area (Å²) in [5.74, 6) is 0.0138. The van der Waals surface area contributed by atoms with Gasteiger partial charge in [-0.05, 0) is 17.7 Å². The van der Waals surface area contributed by atoms with Crippen LogP contribution in [0.4, 0.5) is 8.78 Å². The van der Waals surface area contributed by atoms with Crippen molar-refractivity contribution in [2.24, 2.45) is 0 Å². The lowest BCUT2D eigenvalue weighted by Crippen LogP contribution is -1.86. The van der Waals surface area contributed by atoms with Crippen molar-refractivity contribution in [3.05, 3.63) is 48.3 Å². The number of alkyl halides is 2.